The third kappa shape index (κ3) is 2.63. The van der Waals surface area contributed by atoms with Gasteiger partial charge in [-0.3, -0.25) is 0 Å². The minimum absolute atomic E-state index is 0.310. The van der Waals surface area contributed by atoms with Gasteiger partial charge in [-0.2, -0.15) is 0 Å². The third-order valence-electron chi connectivity index (χ3n) is 3.56. The monoisotopic (exact) mass is 219 g/mol. The number of aryl methyl sites for hydroxylation is 1. The van der Waals surface area contributed by atoms with Gasteiger partial charge in [0.05, 0.1) is 5.60 Å². The van der Waals surface area contributed by atoms with Crippen molar-refractivity contribution >= 4 is 0 Å². The molecule has 1 atom stereocenters. The Kier molecular flexibility index (Phi) is 3.31. The predicted molar refractivity (Wildman–Crippen MR) is 66.4 cm³/mol. The molecule has 0 amide bonds. The van der Waals surface area contributed by atoms with Crippen molar-refractivity contribution in [3.05, 3.63) is 35.4 Å². The van der Waals surface area contributed by atoms with E-state index in [2.05, 4.69) is 43.4 Å². The summed E-state index contributed by atoms with van der Waals surface area (Å²) < 4.78 is 0. The molecule has 2 N–H and O–H groups in total. The van der Waals surface area contributed by atoms with Gasteiger partial charge in [-0.1, -0.05) is 29.8 Å². The van der Waals surface area contributed by atoms with Gasteiger partial charge in [0, 0.05) is 12.6 Å². The standard InChI is InChI=1S/C14H21NO/c1-11-5-3-6-13(9-11)12(2)15-10-14(16)7-4-8-14/h3,5-6,9,12,15-16H,4,7-8,10H2,1-2H3. The zero-order valence-corrected chi connectivity index (χ0v) is 10.2. The minimum atomic E-state index is -0.432. The van der Waals surface area contributed by atoms with Crippen LogP contribution in [-0.4, -0.2) is 17.3 Å². The molecule has 2 heteroatoms. The van der Waals surface area contributed by atoms with Gasteiger partial charge in [0.2, 0.25) is 0 Å². The highest BCUT2D eigenvalue weighted by molar-refractivity contribution is 5.24. The topological polar surface area (TPSA) is 32.3 Å². The molecular weight excluding hydrogens is 198 g/mol. The van der Waals surface area contributed by atoms with Crippen molar-refractivity contribution < 1.29 is 5.11 Å². The lowest BCUT2D eigenvalue weighted by Gasteiger charge is -2.37. The van der Waals surface area contributed by atoms with Gasteiger partial charge in [-0.15, -0.1) is 0 Å². The van der Waals surface area contributed by atoms with Crippen LogP contribution in [0.15, 0.2) is 24.3 Å². The number of hydrogen-bond donors (Lipinski definition) is 2. The van der Waals surface area contributed by atoms with Crippen LogP contribution in [0, 0.1) is 6.92 Å². The number of nitrogens with one attached hydrogen (secondary N) is 1. The van der Waals surface area contributed by atoms with Gasteiger partial charge >= 0.3 is 0 Å². The van der Waals surface area contributed by atoms with E-state index in [4.69, 9.17) is 0 Å². The van der Waals surface area contributed by atoms with Crippen molar-refractivity contribution in [3.8, 4) is 0 Å². The molecule has 2 nitrogen and oxygen atoms in total. The Balaban J connectivity index is 1.90. The van der Waals surface area contributed by atoms with Crippen molar-refractivity contribution in [3.63, 3.8) is 0 Å². The first-order valence-electron chi connectivity index (χ1n) is 6.11. The predicted octanol–water partition coefficient (Wildman–Crippen LogP) is 2.56. The zero-order chi connectivity index (χ0) is 11.6. The van der Waals surface area contributed by atoms with Crippen LogP contribution in [0.3, 0.4) is 0 Å². The maximum absolute atomic E-state index is 10.00. The maximum atomic E-state index is 10.00. The van der Waals surface area contributed by atoms with E-state index in [9.17, 15) is 5.11 Å². The number of aliphatic hydroxyl groups is 1. The highest BCUT2D eigenvalue weighted by Gasteiger charge is 2.34. The summed E-state index contributed by atoms with van der Waals surface area (Å²) in [5.74, 6) is 0. The fourth-order valence-electron chi connectivity index (χ4n) is 2.16. The highest BCUT2D eigenvalue weighted by atomic mass is 16.3. The van der Waals surface area contributed by atoms with Crippen molar-refractivity contribution in [2.24, 2.45) is 0 Å². The van der Waals surface area contributed by atoms with Crippen molar-refractivity contribution in [1.82, 2.24) is 5.32 Å². The lowest BCUT2D eigenvalue weighted by molar-refractivity contribution is -0.0329. The van der Waals surface area contributed by atoms with Gasteiger partial charge in [-0.25, -0.2) is 0 Å². The average Bonchev–Trinajstić information content (AvgIpc) is 2.23. The van der Waals surface area contributed by atoms with E-state index in [-0.39, 0.29) is 0 Å². The number of rotatable bonds is 4. The van der Waals surface area contributed by atoms with Crippen LogP contribution >= 0.6 is 0 Å². The van der Waals surface area contributed by atoms with E-state index in [1.165, 1.54) is 11.1 Å². The molecule has 88 valence electrons. The second-order valence-corrected chi connectivity index (χ2v) is 5.09. The summed E-state index contributed by atoms with van der Waals surface area (Å²) in [6, 6.07) is 8.83. The summed E-state index contributed by atoms with van der Waals surface area (Å²) in [5, 5.41) is 13.4. The Morgan fingerprint density at radius 3 is 2.75 bits per heavy atom. The second-order valence-electron chi connectivity index (χ2n) is 5.09. The van der Waals surface area contributed by atoms with Gasteiger partial charge in [0.15, 0.2) is 0 Å². The Morgan fingerprint density at radius 2 is 2.19 bits per heavy atom. The number of benzene rings is 1. The smallest absolute Gasteiger partial charge is 0.0771 e. The molecule has 1 aromatic rings. The number of hydrogen-bond acceptors (Lipinski definition) is 2. The lowest BCUT2D eigenvalue weighted by Crippen LogP contribution is -2.46. The molecular formula is C14H21NO. The second kappa shape index (κ2) is 4.56. The van der Waals surface area contributed by atoms with Gasteiger partial charge < -0.3 is 10.4 Å². The van der Waals surface area contributed by atoms with E-state index in [1.54, 1.807) is 0 Å². The molecule has 16 heavy (non-hydrogen) atoms. The maximum Gasteiger partial charge on any atom is 0.0771 e. The Morgan fingerprint density at radius 1 is 1.44 bits per heavy atom. The summed E-state index contributed by atoms with van der Waals surface area (Å²) in [6.45, 7) is 4.97. The molecule has 1 unspecified atom stereocenters. The summed E-state index contributed by atoms with van der Waals surface area (Å²) >= 11 is 0. The minimum Gasteiger partial charge on any atom is -0.389 e. The molecule has 1 aromatic carbocycles. The summed E-state index contributed by atoms with van der Waals surface area (Å²) in [7, 11) is 0. The summed E-state index contributed by atoms with van der Waals surface area (Å²) in [6.07, 6.45) is 3.05. The van der Waals surface area contributed by atoms with E-state index >= 15 is 0 Å². The lowest BCUT2D eigenvalue weighted by atomic mass is 9.80. The third-order valence-corrected chi connectivity index (χ3v) is 3.56. The van der Waals surface area contributed by atoms with Crippen molar-refractivity contribution in [2.45, 2.75) is 44.8 Å². The first kappa shape index (κ1) is 11.6. The molecule has 0 heterocycles. The van der Waals surface area contributed by atoms with E-state index in [0.29, 0.717) is 12.6 Å². The molecule has 1 saturated carbocycles. The first-order valence-corrected chi connectivity index (χ1v) is 6.11. The van der Waals surface area contributed by atoms with E-state index in [0.717, 1.165) is 19.3 Å². The molecule has 0 saturated heterocycles. The van der Waals surface area contributed by atoms with Crippen LogP contribution in [0.1, 0.15) is 43.4 Å². The SMILES string of the molecule is Cc1cccc(C(C)NCC2(O)CCC2)c1. The molecule has 1 fully saturated rings. The van der Waals surface area contributed by atoms with Crippen LogP contribution in [0.5, 0.6) is 0 Å². The molecule has 2 rings (SSSR count). The van der Waals surface area contributed by atoms with Gasteiger partial charge in [-0.05, 0) is 38.7 Å². The quantitative estimate of drug-likeness (QED) is 0.815. The van der Waals surface area contributed by atoms with E-state index in [1.807, 2.05) is 0 Å². The summed E-state index contributed by atoms with van der Waals surface area (Å²) in [4.78, 5) is 0. The Labute approximate surface area is 97.7 Å². The van der Waals surface area contributed by atoms with Crippen LogP contribution in [0.25, 0.3) is 0 Å². The normalized spacial score (nSPS) is 20.2. The highest BCUT2D eigenvalue weighted by Crippen LogP contribution is 2.31. The zero-order valence-electron chi connectivity index (χ0n) is 10.2. The Hall–Kier alpha value is -0.860. The Bertz CT molecular complexity index is 358. The molecule has 0 aliphatic heterocycles. The fraction of sp³-hybridized carbons (Fsp3) is 0.571. The van der Waals surface area contributed by atoms with Gasteiger partial charge in [0.1, 0.15) is 0 Å². The van der Waals surface area contributed by atoms with Gasteiger partial charge in [0.25, 0.3) is 0 Å². The van der Waals surface area contributed by atoms with Crippen LogP contribution < -0.4 is 5.32 Å². The van der Waals surface area contributed by atoms with Crippen LogP contribution in [-0.2, 0) is 0 Å². The van der Waals surface area contributed by atoms with Crippen LogP contribution in [0.2, 0.25) is 0 Å². The van der Waals surface area contributed by atoms with Crippen LogP contribution in [0.4, 0.5) is 0 Å². The van der Waals surface area contributed by atoms with Crippen molar-refractivity contribution in [1.29, 1.82) is 0 Å². The molecule has 0 spiro atoms. The molecule has 0 radical (unpaired) electrons. The van der Waals surface area contributed by atoms with Crippen molar-refractivity contribution in [2.75, 3.05) is 6.54 Å². The fourth-order valence-corrected chi connectivity index (χ4v) is 2.16. The molecule has 1 aliphatic rings. The summed E-state index contributed by atoms with van der Waals surface area (Å²) in [5.41, 5.74) is 2.15. The van der Waals surface area contributed by atoms with E-state index < -0.39 is 5.60 Å². The average molecular weight is 219 g/mol. The largest absolute Gasteiger partial charge is 0.389 e. The molecule has 0 aromatic heterocycles. The first-order chi connectivity index (χ1) is 7.59. The molecule has 1 aliphatic carbocycles. The molecule has 0 bridgehead atoms.